The van der Waals surface area contributed by atoms with Gasteiger partial charge in [0.15, 0.2) is 0 Å². The third kappa shape index (κ3) is 6.01. The van der Waals surface area contributed by atoms with Crippen LogP contribution in [-0.2, 0) is 9.53 Å². The van der Waals surface area contributed by atoms with Gasteiger partial charge in [-0.2, -0.15) is 5.26 Å². The lowest BCUT2D eigenvalue weighted by Gasteiger charge is -2.08. The SMILES string of the molecule is COC(=O)CCCCCCC(C#N)c1cccnc1. The van der Waals surface area contributed by atoms with Crippen molar-refractivity contribution in [1.82, 2.24) is 4.98 Å². The van der Waals surface area contributed by atoms with Gasteiger partial charge in [0.2, 0.25) is 0 Å². The Morgan fingerprint density at radius 2 is 2.21 bits per heavy atom. The molecule has 0 N–H and O–H groups in total. The van der Waals surface area contributed by atoms with Crippen LogP contribution in [0.3, 0.4) is 0 Å². The fourth-order valence-electron chi connectivity index (χ4n) is 1.96. The van der Waals surface area contributed by atoms with Crippen molar-refractivity contribution in [2.75, 3.05) is 7.11 Å². The number of nitriles is 1. The number of carbonyl (C=O) groups is 1. The van der Waals surface area contributed by atoms with Crippen LogP contribution in [-0.4, -0.2) is 18.1 Å². The maximum atomic E-state index is 10.9. The summed E-state index contributed by atoms with van der Waals surface area (Å²) in [5.74, 6) is -0.223. The Morgan fingerprint density at radius 3 is 2.84 bits per heavy atom. The number of pyridine rings is 1. The average molecular weight is 260 g/mol. The summed E-state index contributed by atoms with van der Waals surface area (Å²) in [6, 6.07) is 6.12. The van der Waals surface area contributed by atoms with Gasteiger partial charge in [0.1, 0.15) is 0 Å². The molecule has 1 rings (SSSR count). The molecule has 4 nitrogen and oxygen atoms in total. The number of methoxy groups -OCH3 is 1. The number of unbranched alkanes of at least 4 members (excludes halogenated alkanes) is 3. The topological polar surface area (TPSA) is 63.0 Å². The minimum absolute atomic E-state index is 0.0747. The molecule has 0 amide bonds. The van der Waals surface area contributed by atoms with Gasteiger partial charge in [-0.05, 0) is 24.5 Å². The summed E-state index contributed by atoms with van der Waals surface area (Å²) in [6.07, 6.45) is 8.69. The van der Waals surface area contributed by atoms with E-state index in [0.29, 0.717) is 6.42 Å². The van der Waals surface area contributed by atoms with Crippen molar-refractivity contribution < 1.29 is 9.53 Å². The Morgan fingerprint density at radius 1 is 1.42 bits per heavy atom. The van der Waals surface area contributed by atoms with E-state index < -0.39 is 0 Å². The van der Waals surface area contributed by atoms with Gasteiger partial charge in [-0.3, -0.25) is 9.78 Å². The van der Waals surface area contributed by atoms with E-state index in [2.05, 4.69) is 15.8 Å². The summed E-state index contributed by atoms with van der Waals surface area (Å²) < 4.78 is 4.58. The standard InChI is InChI=1S/C15H20N2O2/c1-19-15(18)9-5-3-2-4-7-13(11-16)14-8-6-10-17-12-14/h6,8,10,12-13H,2-5,7,9H2,1H3. The minimum Gasteiger partial charge on any atom is -0.469 e. The van der Waals surface area contributed by atoms with Crippen LogP contribution in [0, 0.1) is 11.3 Å². The molecule has 0 aliphatic heterocycles. The van der Waals surface area contributed by atoms with E-state index in [9.17, 15) is 4.79 Å². The molecule has 0 radical (unpaired) electrons. The molecule has 1 heterocycles. The lowest BCUT2D eigenvalue weighted by atomic mass is 9.95. The van der Waals surface area contributed by atoms with E-state index in [0.717, 1.165) is 37.7 Å². The van der Waals surface area contributed by atoms with Gasteiger partial charge in [-0.25, -0.2) is 0 Å². The van der Waals surface area contributed by atoms with Crippen molar-refractivity contribution in [3.05, 3.63) is 30.1 Å². The summed E-state index contributed by atoms with van der Waals surface area (Å²) in [5, 5.41) is 9.15. The number of aromatic nitrogens is 1. The number of rotatable bonds is 8. The van der Waals surface area contributed by atoms with Crippen molar-refractivity contribution in [3.63, 3.8) is 0 Å². The molecule has 4 heteroatoms. The molecule has 0 spiro atoms. The smallest absolute Gasteiger partial charge is 0.305 e. The van der Waals surface area contributed by atoms with Crippen LogP contribution in [0.4, 0.5) is 0 Å². The predicted octanol–water partition coefficient (Wildman–Crippen LogP) is 3.20. The van der Waals surface area contributed by atoms with Gasteiger partial charge in [0.25, 0.3) is 0 Å². The first-order chi connectivity index (χ1) is 9.27. The van der Waals surface area contributed by atoms with Gasteiger partial charge in [0, 0.05) is 18.8 Å². The molecule has 0 aliphatic rings. The number of hydrogen-bond acceptors (Lipinski definition) is 4. The van der Waals surface area contributed by atoms with E-state index in [1.807, 2.05) is 12.1 Å². The third-order valence-corrected chi connectivity index (χ3v) is 3.09. The highest BCUT2D eigenvalue weighted by molar-refractivity contribution is 5.68. The Balaban J connectivity index is 2.18. The molecule has 19 heavy (non-hydrogen) atoms. The van der Waals surface area contributed by atoms with Crippen molar-refractivity contribution in [2.45, 2.75) is 44.4 Å². The first-order valence-electron chi connectivity index (χ1n) is 6.64. The van der Waals surface area contributed by atoms with E-state index in [1.165, 1.54) is 7.11 Å². The molecule has 0 fully saturated rings. The summed E-state index contributed by atoms with van der Waals surface area (Å²) in [5.41, 5.74) is 0.986. The first-order valence-corrected chi connectivity index (χ1v) is 6.64. The monoisotopic (exact) mass is 260 g/mol. The lowest BCUT2D eigenvalue weighted by Crippen LogP contribution is -1.99. The van der Waals surface area contributed by atoms with Gasteiger partial charge < -0.3 is 4.74 Å². The zero-order valence-electron chi connectivity index (χ0n) is 11.3. The number of hydrogen-bond donors (Lipinski definition) is 0. The molecule has 102 valence electrons. The minimum atomic E-state index is -0.148. The molecular formula is C15H20N2O2. The lowest BCUT2D eigenvalue weighted by molar-refractivity contribution is -0.140. The Bertz CT molecular complexity index is 412. The Hall–Kier alpha value is -1.89. The zero-order chi connectivity index (χ0) is 13.9. The first kappa shape index (κ1) is 15.2. The molecule has 0 saturated heterocycles. The van der Waals surface area contributed by atoms with Crippen LogP contribution in [0.5, 0.6) is 0 Å². The maximum Gasteiger partial charge on any atom is 0.305 e. The molecule has 0 aromatic carbocycles. The molecule has 0 bridgehead atoms. The molecule has 0 aliphatic carbocycles. The number of nitrogens with zero attached hydrogens (tertiary/aromatic N) is 2. The van der Waals surface area contributed by atoms with Gasteiger partial charge in [0.05, 0.1) is 19.1 Å². The fourth-order valence-corrected chi connectivity index (χ4v) is 1.96. The second-order valence-electron chi connectivity index (χ2n) is 4.50. The summed E-state index contributed by atoms with van der Waals surface area (Å²) >= 11 is 0. The van der Waals surface area contributed by atoms with E-state index in [4.69, 9.17) is 5.26 Å². The number of esters is 1. The number of ether oxygens (including phenoxy) is 1. The highest BCUT2D eigenvalue weighted by atomic mass is 16.5. The van der Waals surface area contributed by atoms with E-state index in [-0.39, 0.29) is 11.9 Å². The van der Waals surface area contributed by atoms with Crippen LogP contribution in [0.1, 0.15) is 50.0 Å². The van der Waals surface area contributed by atoms with Gasteiger partial charge in [-0.1, -0.05) is 25.3 Å². The van der Waals surface area contributed by atoms with Crippen LogP contribution in [0.2, 0.25) is 0 Å². The van der Waals surface area contributed by atoms with Crippen molar-refractivity contribution in [1.29, 1.82) is 5.26 Å². The summed E-state index contributed by atoms with van der Waals surface area (Å²) in [4.78, 5) is 14.9. The molecule has 1 unspecified atom stereocenters. The third-order valence-electron chi connectivity index (χ3n) is 3.09. The predicted molar refractivity (Wildman–Crippen MR) is 72.3 cm³/mol. The van der Waals surface area contributed by atoms with Gasteiger partial charge >= 0.3 is 5.97 Å². The molecule has 1 atom stereocenters. The van der Waals surface area contributed by atoms with Gasteiger partial charge in [-0.15, -0.1) is 0 Å². The highest BCUT2D eigenvalue weighted by Crippen LogP contribution is 2.21. The molecule has 1 aromatic heterocycles. The summed E-state index contributed by atoms with van der Waals surface area (Å²) in [6.45, 7) is 0. The van der Waals surface area contributed by atoms with E-state index >= 15 is 0 Å². The van der Waals surface area contributed by atoms with Crippen LogP contribution < -0.4 is 0 Å². The molecule has 1 aromatic rings. The quantitative estimate of drug-likeness (QED) is 0.532. The second-order valence-corrected chi connectivity index (χ2v) is 4.50. The van der Waals surface area contributed by atoms with Crippen molar-refractivity contribution in [2.24, 2.45) is 0 Å². The zero-order valence-corrected chi connectivity index (χ0v) is 11.3. The highest BCUT2D eigenvalue weighted by Gasteiger charge is 2.09. The summed E-state index contributed by atoms with van der Waals surface area (Å²) in [7, 11) is 1.41. The van der Waals surface area contributed by atoms with E-state index in [1.54, 1.807) is 12.4 Å². The molecule has 0 saturated carbocycles. The Kier molecular flexibility index (Phi) is 7.26. The largest absolute Gasteiger partial charge is 0.469 e. The second kappa shape index (κ2) is 9.09. The van der Waals surface area contributed by atoms with Crippen LogP contribution in [0.25, 0.3) is 0 Å². The number of carbonyl (C=O) groups excluding carboxylic acids is 1. The van der Waals surface area contributed by atoms with Crippen molar-refractivity contribution in [3.8, 4) is 6.07 Å². The van der Waals surface area contributed by atoms with Crippen LogP contribution in [0.15, 0.2) is 24.5 Å². The normalized spacial score (nSPS) is 11.6. The van der Waals surface area contributed by atoms with Crippen molar-refractivity contribution >= 4 is 5.97 Å². The molecular weight excluding hydrogens is 240 g/mol. The maximum absolute atomic E-state index is 10.9. The fraction of sp³-hybridized carbons (Fsp3) is 0.533. The Labute approximate surface area is 114 Å². The van der Waals surface area contributed by atoms with Crippen LogP contribution >= 0.6 is 0 Å². The average Bonchev–Trinajstić information content (AvgIpc) is 2.47.